The molecule has 1 aromatic heterocycles. The van der Waals surface area contributed by atoms with Crippen molar-refractivity contribution >= 4 is 44.3 Å². The molecule has 0 aliphatic heterocycles. The van der Waals surface area contributed by atoms with Crippen molar-refractivity contribution < 1.29 is 13.6 Å². The van der Waals surface area contributed by atoms with E-state index in [1.165, 1.54) is 18.2 Å². The molecule has 2 nitrogen and oxygen atoms in total. The molecule has 20 heavy (non-hydrogen) atoms. The number of halogens is 3. The van der Waals surface area contributed by atoms with E-state index in [2.05, 4.69) is 15.9 Å². The molecule has 3 aromatic rings. The molecular weight excluding hydrogens is 347 g/mol. The lowest BCUT2D eigenvalue weighted by Gasteiger charge is -2.01. The van der Waals surface area contributed by atoms with Crippen molar-refractivity contribution in [2.75, 3.05) is 0 Å². The van der Waals surface area contributed by atoms with Crippen molar-refractivity contribution in [3.63, 3.8) is 0 Å². The van der Waals surface area contributed by atoms with Gasteiger partial charge in [0.1, 0.15) is 5.82 Å². The van der Waals surface area contributed by atoms with Crippen LogP contribution in [-0.4, -0.2) is 5.78 Å². The first kappa shape index (κ1) is 13.3. The summed E-state index contributed by atoms with van der Waals surface area (Å²) in [6.45, 7) is 0. The van der Waals surface area contributed by atoms with Gasteiger partial charge < -0.3 is 4.42 Å². The van der Waals surface area contributed by atoms with E-state index < -0.39 is 11.6 Å². The molecule has 0 bridgehead atoms. The molecule has 0 amide bonds. The predicted molar refractivity (Wildman–Crippen MR) is 78.8 cm³/mol. The smallest absolute Gasteiger partial charge is 0.229 e. The Morgan fingerprint density at radius 3 is 2.70 bits per heavy atom. The van der Waals surface area contributed by atoms with Gasteiger partial charge in [-0.15, -0.1) is 0 Å². The fourth-order valence-corrected chi connectivity index (χ4v) is 2.62. The monoisotopic (exact) mass is 352 g/mol. The van der Waals surface area contributed by atoms with E-state index in [0.717, 1.165) is 5.39 Å². The average molecular weight is 354 g/mol. The molecule has 1 heterocycles. The first-order valence-electron chi connectivity index (χ1n) is 5.74. The second-order valence-corrected chi connectivity index (χ2v) is 5.40. The van der Waals surface area contributed by atoms with Gasteiger partial charge in [-0.3, -0.25) is 4.79 Å². The molecule has 0 aliphatic rings. The lowest BCUT2D eigenvalue weighted by atomic mass is 10.1. The molecular formula is C15H7BrClFO2. The molecule has 0 radical (unpaired) electrons. The van der Waals surface area contributed by atoms with Gasteiger partial charge in [0, 0.05) is 10.9 Å². The maximum absolute atomic E-state index is 13.5. The van der Waals surface area contributed by atoms with Gasteiger partial charge in [0.05, 0.1) is 9.50 Å². The van der Waals surface area contributed by atoms with Gasteiger partial charge in [-0.2, -0.15) is 0 Å². The molecule has 0 aliphatic carbocycles. The van der Waals surface area contributed by atoms with Gasteiger partial charge in [0.15, 0.2) is 11.3 Å². The molecule has 0 unspecified atom stereocenters. The van der Waals surface area contributed by atoms with E-state index in [4.69, 9.17) is 16.0 Å². The number of furan rings is 1. The Morgan fingerprint density at radius 2 is 1.95 bits per heavy atom. The second-order valence-electron chi connectivity index (χ2n) is 4.20. The lowest BCUT2D eigenvalue weighted by Crippen LogP contribution is -2.01. The zero-order chi connectivity index (χ0) is 14.3. The fraction of sp³-hybridized carbons (Fsp3) is 0. The minimum absolute atomic E-state index is 0.122. The highest BCUT2D eigenvalue weighted by Crippen LogP contribution is 2.29. The number of ketones is 1. The number of benzene rings is 2. The first-order valence-corrected chi connectivity index (χ1v) is 6.92. The van der Waals surface area contributed by atoms with Gasteiger partial charge in [0.2, 0.25) is 5.78 Å². The third-order valence-corrected chi connectivity index (χ3v) is 4.02. The Kier molecular flexibility index (Phi) is 3.36. The van der Waals surface area contributed by atoms with Gasteiger partial charge in [0.25, 0.3) is 0 Å². The van der Waals surface area contributed by atoms with Gasteiger partial charge >= 0.3 is 0 Å². The molecule has 0 saturated heterocycles. The molecule has 5 heteroatoms. The summed E-state index contributed by atoms with van der Waals surface area (Å²) in [6.07, 6.45) is 0. The molecule has 0 saturated carbocycles. The minimum Gasteiger partial charge on any atom is -0.451 e. The summed E-state index contributed by atoms with van der Waals surface area (Å²) in [7, 11) is 0. The number of hydrogen-bond donors (Lipinski definition) is 0. The van der Waals surface area contributed by atoms with Crippen molar-refractivity contribution in [3.8, 4) is 0 Å². The van der Waals surface area contributed by atoms with Crippen LogP contribution in [0.3, 0.4) is 0 Å². The van der Waals surface area contributed by atoms with Crippen LogP contribution < -0.4 is 0 Å². The standard InChI is InChI=1S/C15H7BrClFO2/c16-13-9(4-2-6-11(13)18)14(19)12-7-8-3-1-5-10(17)15(8)20-12/h1-7H. The van der Waals surface area contributed by atoms with Crippen LogP contribution >= 0.6 is 27.5 Å². The van der Waals surface area contributed by atoms with Crippen molar-refractivity contribution in [1.29, 1.82) is 0 Å². The van der Waals surface area contributed by atoms with E-state index in [1.54, 1.807) is 24.3 Å². The van der Waals surface area contributed by atoms with Gasteiger partial charge in [-0.25, -0.2) is 4.39 Å². The summed E-state index contributed by atoms with van der Waals surface area (Å²) < 4.78 is 19.1. The number of fused-ring (bicyclic) bond motifs is 1. The third-order valence-electron chi connectivity index (χ3n) is 2.92. The number of hydrogen-bond acceptors (Lipinski definition) is 2. The second kappa shape index (κ2) is 5.04. The zero-order valence-electron chi connectivity index (χ0n) is 9.99. The molecule has 0 atom stereocenters. The van der Waals surface area contributed by atoms with E-state index in [-0.39, 0.29) is 15.8 Å². The highest BCUT2D eigenvalue weighted by molar-refractivity contribution is 9.10. The molecule has 0 N–H and O–H groups in total. The van der Waals surface area contributed by atoms with E-state index in [0.29, 0.717) is 10.6 Å². The number of carbonyl (C=O) groups is 1. The normalized spacial score (nSPS) is 10.9. The summed E-state index contributed by atoms with van der Waals surface area (Å²) in [6, 6.07) is 11.1. The Bertz CT molecular complexity index is 826. The van der Waals surface area contributed by atoms with Crippen molar-refractivity contribution in [3.05, 3.63) is 69.1 Å². The van der Waals surface area contributed by atoms with Crippen LogP contribution in [0.1, 0.15) is 16.1 Å². The SMILES string of the molecule is O=C(c1cc2cccc(Cl)c2o1)c1cccc(F)c1Br. The van der Waals surface area contributed by atoms with Crippen LogP contribution in [0.5, 0.6) is 0 Å². The highest BCUT2D eigenvalue weighted by Gasteiger charge is 2.19. The van der Waals surface area contributed by atoms with E-state index in [9.17, 15) is 9.18 Å². The number of para-hydroxylation sites is 1. The third kappa shape index (κ3) is 2.15. The summed E-state index contributed by atoms with van der Waals surface area (Å²) >= 11 is 9.08. The highest BCUT2D eigenvalue weighted by atomic mass is 79.9. The quantitative estimate of drug-likeness (QED) is 0.591. The Morgan fingerprint density at radius 1 is 1.20 bits per heavy atom. The maximum atomic E-state index is 13.5. The van der Waals surface area contributed by atoms with Gasteiger partial charge in [-0.05, 0) is 40.2 Å². The zero-order valence-corrected chi connectivity index (χ0v) is 12.3. The minimum atomic E-state index is -0.495. The predicted octanol–water partition coefficient (Wildman–Crippen LogP) is 5.22. The van der Waals surface area contributed by atoms with Crippen LogP contribution in [0.15, 0.2) is 51.4 Å². The van der Waals surface area contributed by atoms with Crippen molar-refractivity contribution in [1.82, 2.24) is 0 Å². The molecule has 0 spiro atoms. The fourth-order valence-electron chi connectivity index (χ4n) is 1.95. The summed E-state index contributed by atoms with van der Waals surface area (Å²) in [4.78, 5) is 12.4. The van der Waals surface area contributed by atoms with Crippen LogP contribution in [0.4, 0.5) is 4.39 Å². The summed E-state index contributed by atoms with van der Waals surface area (Å²) in [5, 5.41) is 1.16. The molecule has 2 aromatic carbocycles. The van der Waals surface area contributed by atoms with Crippen molar-refractivity contribution in [2.24, 2.45) is 0 Å². The summed E-state index contributed by atoms with van der Waals surface area (Å²) in [5.41, 5.74) is 0.658. The van der Waals surface area contributed by atoms with Crippen LogP contribution in [0, 0.1) is 5.82 Å². The number of carbonyl (C=O) groups excluding carboxylic acids is 1. The lowest BCUT2D eigenvalue weighted by molar-refractivity contribution is 0.101. The summed E-state index contributed by atoms with van der Waals surface area (Å²) in [5.74, 6) is -0.770. The topological polar surface area (TPSA) is 30.2 Å². The molecule has 0 fully saturated rings. The Balaban J connectivity index is 2.13. The largest absolute Gasteiger partial charge is 0.451 e. The van der Waals surface area contributed by atoms with Crippen molar-refractivity contribution in [2.45, 2.75) is 0 Å². The van der Waals surface area contributed by atoms with E-state index in [1.807, 2.05) is 0 Å². The number of rotatable bonds is 2. The van der Waals surface area contributed by atoms with E-state index >= 15 is 0 Å². The van der Waals surface area contributed by atoms with Crippen LogP contribution in [0.25, 0.3) is 11.0 Å². The van der Waals surface area contributed by atoms with Crippen LogP contribution in [-0.2, 0) is 0 Å². The average Bonchev–Trinajstić information content (AvgIpc) is 2.87. The maximum Gasteiger partial charge on any atom is 0.229 e. The van der Waals surface area contributed by atoms with Crippen LogP contribution in [0.2, 0.25) is 5.02 Å². The Labute approximate surface area is 127 Å². The Hall–Kier alpha value is -1.65. The molecule has 100 valence electrons. The van der Waals surface area contributed by atoms with Gasteiger partial charge in [-0.1, -0.05) is 29.8 Å². The first-order chi connectivity index (χ1) is 9.58. The molecule has 3 rings (SSSR count).